The van der Waals surface area contributed by atoms with Crippen LogP contribution in [0.1, 0.15) is 290 Å². The standard InChI is InChI=1S/C57H107NO5/c1-3-5-7-9-11-13-15-17-19-23-27-31-35-39-43-47-51-57(62)63-52-48-44-40-36-32-28-24-20-22-26-30-34-38-42-46-50-56(61)58-54(53-59)55(60)49-45-41-37-33-29-25-21-18-16-14-12-10-8-6-4-2/h13,15,19,23-24,28,54-55,59-60H,3-12,14,16-18,20-22,25-27,29-53H2,1-2H3,(H,58,61)/b15-13-,23-19-,28-24-. The zero-order chi connectivity index (χ0) is 45.8. The number of carbonyl (C=O) groups excluding carboxylic acids is 2. The molecule has 63 heavy (non-hydrogen) atoms. The third kappa shape index (κ3) is 49.4. The van der Waals surface area contributed by atoms with Crippen LogP contribution in [0.25, 0.3) is 0 Å². The maximum absolute atomic E-state index is 12.5. The van der Waals surface area contributed by atoms with E-state index < -0.39 is 12.1 Å². The van der Waals surface area contributed by atoms with Crippen LogP contribution in [0.3, 0.4) is 0 Å². The van der Waals surface area contributed by atoms with Gasteiger partial charge in [-0.15, -0.1) is 0 Å². The topological polar surface area (TPSA) is 95.9 Å². The molecular weight excluding hydrogens is 779 g/mol. The first-order valence-corrected chi connectivity index (χ1v) is 27.7. The Morgan fingerprint density at radius 2 is 0.794 bits per heavy atom. The molecule has 0 saturated heterocycles. The van der Waals surface area contributed by atoms with Gasteiger partial charge in [0.2, 0.25) is 5.91 Å². The Morgan fingerprint density at radius 3 is 1.24 bits per heavy atom. The summed E-state index contributed by atoms with van der Waals surface area (Å²) in [6, 6.07) is -0.553. The van der Waals surface area contributed by atoms with Gasteiger partial charge < -0.3 is 20.3 Å². The number of unbranched alkanes of at least 4 members (excludes halogenated alkanes) is 34. The van der Waals surface area contributed by atoms with Crippen LogP contribution in [0.5, 0.6) is 0 Å². The summed E-state index contributed by atoms with van der Waals surface area (Å²) in [4.78, 5) is 24.5. The second-order valence-electron chi connectivity index (χ2n) is 18.9. The van der Waals surface area contributed by atoms with Crippen molar-refractivity contribution in [3.63, 3.8) is 0 Å². The second kappa shape index (κ2) is 52.7. The summed E-state index contributed by atoms with van der Waals surface area (Å²) in [5.41, 5.74) is 0. The summed E-state index contributed by atoms with van der Waals surface area (Å²) in [7, 11) is 0. The van der Waals surface area contributed by atoms with Gasteiger partial charge in [-0.25, -0.2) is 0 Å². The van der Waals surface area contributed by atoms with Gasteiger partial charge in [-0.05, 0) is 83.5 Å². The first-order chi connectivity index (χ1) is 31.0. The van der Waals surface area contributed by atoms with Gasteiger partial charge in [0.25, 0.3) is 0 Å². The minimum absolute atomic E-state index is 0.0237. The lowest BCUT2D eigenvalue weighted by atomic mass is 10.0. The smallest absolute Gasteiger partial charge is 0.305 e. The van der Waals surface area contributed by atoms with E-state index in [-0.39, 0.29) is 18.5 Å². The van der Waals surface area contributed by atoms with Crippen LogP contribution in [0.4, 0.5) is 0 Å². The Kier molecular flexibility index (Phi) is 51.1. The number of allylic oxidation sites excluding steroid dienone is 6. The number of ether oxygens (including phenoxy) is 1. The van der Waals surface area contributed by atoms with Crippen molar-refractivity contribution in [3.05, 3.63) is 36.5 Å². The van der Waals surface area contributed by atoms with Crippen LogP contribution in [-0.4, -0.2) is 47.4 Å². The normalized spacial score (nSPS) is 12.9. The number of aliphatic hydroxyl groups is 2. The Labute approximate surface area is 392 Å². The highest BCUT2D eigenvalue weighted by molar-refractivity contribution is 5.76. The fraction of sp³-hybridized carbons (Fsp3) is 0.860. The number of hydrogen-bond acceptors (Lipinski definition) is 5. The molecule has 0 aliphatic rings. The molecule has 6 nitrogen and oxygen atoms in total. The molecule has 2 atom stereocenters. The molecule has 3 N–H and O–H groups in total. The fourth-order valence-electron chi connectivity index (χ4n) is 8.37. The SMILES string of the molecule is CCCCCC/C=C\C/C=C\CCCCCCCC(=O)OCCCCCC/C=C\CCCCCCCCCC(=O)NC(CO)C(O)CCCCCCCCCCCCCCCCC. The predicted molar refractivity (Wildman–Crippen MR) is 273 cm³/mol. The Morgan fingerprint density at radius 1 is 0.444 bits per heavy atom. The van der Waals surface area contributed by atoms with Crippen LogP contribution in [0.15, 0.2) is 36.5 Å². The summed E-state index contributed by atoms with van der Waals surface area (Å²) in [6.45, 7) is 4.90. The Balaban J connectivity index is 3.49. The molecule has 0 heterocycles. The van der Waals surface area contributed by atoms with E-state index in [1.54, 1.807) is 0 Å². The Hall–Kier alpha value is -1.92. The molecule has 0 saturated carbocycles. The number of nitrogens with one attached hydrogen (secondary N) is 1. The van der Waals surface area contributed by atoms with Crippen molar-refractivity contribution in [1.29, 1.82) is 0 Å². The van der Waals surface area contributed by atoms with E-state index in [2.05, 4.69) is 55.6 Å². The van der Waals surface area contributed by atoms with Crippen molar-refractivity contribution in [2.45, 2.75) is 302 Å². The minimum Gasteiger partial charge on any atom is -0.466 e. The molecule has 0 rings (SSSR count). The summed E-state index contributed by atoms with van der Waals surface area (Å²) >= 11 is 0. The molecule has 0 spiro atoms. The van der Waals surface area contributed by atoms with Crippen LogP contribution in [-0.2, 0) is 14.3 Å². The summed E-state index contributed by atoms with van der Waals surface area (Å²) in [6.07, 6.45) is 64.0. The van der Waals surface area contributed by atoms with Crippen LogP contribution in [0, 0.1) is 0 Å². The molecule has 0 aromatic carbocycles. The van der Waals surface area contributed by atoms with Crippen LogP contribution >= 0.6 is 0 Å². The van der Waals surface area contributed by atoms with Crippen LogP contribution in [0.2, 0.25) is 0 Å². The number of amides is 1. The van der Waals surface area contributed by atoms with E-state index in [9.17, 15) is 19.8 Å². The van der Waals surface area contributed by atoms with Gasteiger partial charge >= 0.3 is 5.97 Å². The van der Waals surface area contributed by atoms with Gasteiger partial charge in [0, 0.05) is 12.8 Å². The zero-order valence-electron chi connectivity index (χ0n) is 42.1. The molecule has 1 amide bonds. The predicted octanol–water partition coefficient (Wildman–Crippen LogP) is 16.9. The molecule has 0 radical (unpaired) electrons. The van der Waals surface area contributed by atoms with Crippen molar-refractivity contribution in [2.24, 2.45) is 0 Å². The van der Waals surface area contributed by atoms with E-state index in [1.165, 1.54) is 180 Å². The minimum atomic E-state index is -0.675. The number of rotatable bonds is 51. The molecule has 6 heteroatoms. The summed E-state index contributed by atoms with van der Waals surface area (Å²) < 4.78 is 5.45. The number of esters is 1. The van der Waals surface area contributed by atoms with Gasteiger partial charge in [0.1, 0.15) is 0 Å². The van der Waals surface area contributed by atoms with E-state index in [0.717, 1.165) is 77.0 Å². The zero-order valence-corrected chi connectivity index (χ0v) is 42.1. The monoisotopic (exact) mass is 886 g/mol. The molecule has 370 valence electrons. The van der Waals surface area contributed by atoms with Gasteiger partial charge in [0.15, 0.2) is 0 Å². The highest BCUT2D eigenvalue weighted by Gasteiger charge is 2.20. The van der Waals surface area contributed by atoms with Gasteiger partial charge in [-0.2, -0.15) is 0 Å². The number of carbonyl (C=O) groups is 2. The highest BCUT2D eigenvalue weighted by Crippen LogP contribution is 2.16. The number of hydrogen-bond donors (Lipinski definition) is 3. The van der Waals surface area contributed by atoms with E-state index in [4.69, 9.17) is 4.74 Å². The van der Waals surface area contributed by atoms with Crippen molar-refractivity contribution < 1.29 is 24.5 Å². The van der Waals surface area contributed by atoms with Crippen molar-refractivity contribution in [2.75, 3.05) is 13.2 Å². The molecule has 0 aliphatic heterocycles. The molecular formula is C57H107NO5. The maximum Gasteiger partial charge on any atom is 0.305 e. The summed E-state index contributed by atoms with van der Waals surface area (Å²) in [5, 5.41) is 23.2. The second-order valence-corrected chi connectivity index (χ2v) is 18.9. The van der Waals surface area contributed by atoms with Crippen molar-refractivity contribution in [3.8, 4) is 0 Å². The Bertz CT molecular complexity index is 1020. The molecule has 0 aliphatic carbocycles. The van der Waals surface area contributed by atoms with Crippen molar-refractivity contribution in [1.82, 2.24) is 5.32 Å². The lowest BCUT2D eigenvalue weighted by molar-refractivity contribution is -0.143. The third-order valence-corrected chi connectivity index (χ3v) is 12.7. The average molecular weight is 886 g/mol. The molecule has 0 aromatic heterocycles. The lowest BCUT2D eigenvalue weighted by Crippen LogP contribution is -2.45. The van der Waals surface area contributed by atoms with E-state index in [1.807, 2.05) is 0 Å². The first kappa shape index (κ1) is 61.1. The number of aliphatic hydroxyl groups excluding tert-OH is 2. The lowest BCUT2D eigenvalue weighted by Gasteiger charge is -2.22. The highest BCUT2D eigenvalue weighted by atomic mass is 16.5. The van der Waals surface area contributed by atoms with Gasteiger partial charge in [-0.1, -0.05) is 230 Å². The molecule has 0 bridgehead atoms. The average Bonchev–Trinajstić information content (AvgIpc) is 3.28. The molecule has 0 fully saturated rings. The quantitative estimate of drug-likeness (QED) is 0.0321. The maximum atomic E-state index is 12.5. The molecule has 0 aromatic rings. The van der Waals surface area contributed by atoms with E-state index in [0.29, 0.717) is 25.9 Å². The first-order valence-electron chi connectivity index (χ1n) is 27.7. The largest absolute Gasteiger partial charge is 0.466 e. The molecule has 2 unspecified atom stereocenters. The fourth-order valence-corrected chi connectivity index (χ4v) is 8.37. The van der Waals surface area contributed by atoms with Crippen molar-refractivity contribution >= 4 is 11.9 Å². The third-order valence-electron chi connectivity index (χ3n) is 12.7. The summed E-state index contributed by atoms with van der Waals surface area (Å²) in [5.74, 6) is -0.0741. The van der Waals surface area contributed by atoms with Gasteiger partial charge in [-0.3, -0.25) is 9.59 Å². The van der Waals surface area contributed by atoms with E-state index >= 15 is 0 Å². The van der Waals surface area contributed by atoms with Gasteiger partial charge in [0.05, 0.1) is 25.4 Å². The van der Waals surface area contributed by atoms with Crippen LogP contribution < -0.4 is 5.32 Å².